The average molecular weight is 255 g/mol. The molecule has 2 N–H and O–H groups in total. The zero-order chi connectivity index (χ0) is 13.4. The summed E-state index contributed by atoms with van der Waals surface area (Å²) in [5.41, 5.74) is 0.480. The van der Waals surface area contributed by atoms with Gasteiger partial charge in [0.2, 0.25) is 5.91 Å². The maximum atomic E-state index is 11.5. The van der Waals surface area contributed by atoms with Crippen LogP contribution in [0.2, 0.25) is 0 Å². The fourth-order valence-electron chi connectivity index (χ4n) is 1.27. The molecule has 0 aliphatic heterocycles. The molecule has 1 amide bonds. The van der Waals surface area contributed by atoms with Crippen molar-refractivity contribution in [1.82, 2.24) is 0 Å². The number of ether oxygens (including phenoxy) is 3. The molecule has 0 unspecified atom stereocenters. The van der Waals surface area contributed by atoms with Gasteiger partial charge in [-0.25, -0.2) is 0 Å². The van der Waals surface area contributed by atoms with Gasteiger partial charge in [0.25, 0.3) is 0 Å². The van der Waals surface area contributed by atoms with Crippen LogP contribution in [0.4, 0.5) is 5.69 Å². The molecule has 18 heavy (non-hydrogen) atoms. The summed E-state index contributed by atoms with van der Waals surface area (Å²) in [6.07, 6.45) is 0. The standard InChI is InChI=1S/C12H17NO5/c1-16-5-6-18-8-12(15)13-9-3-4-11(17-2)10(14)7-9/h3-4,7,14H,5-6,8H2,1-2H3,(H,13,15). The largest absolute Gasteiger partial charge is 0.504 e. The maximum absolute atomic E-state index is 11.5. The molecule has 0 fully saturated rings. The smallest absolute Gasteiger partial charge is 0.250 e. The van der Waals surface area contributed by atoms with E-state index in [1.807, 2.05) is 0 Å². The summed E-state index contributed by atoms with van der Waals surface area (Å²) >= 11 is 0. The molecule has 0 atom stereocenters. The van der Waals surface area contributed by atoms with Crippen LogP contribution in [-0.2, 0) is 14.3 Å². The Morgan fingerprint density at radius 2 is 2.11 bits per heavy atom. The van der Waals surface area contributed by atoms with Crippen molar-refractivity contribution in [2.24, 2.45) is 0 Å². The highest BCUT2D eigenvalue weighted by molar-refractivity contribution is 5.92. The van der Waals surface area contributed by atoms with Crippen molar-refractivity contribution >= 4 is 11.6 Å². The minimum absolute atomic E-state index is 0.0319. The number of phenolic OH excluding ortho intramolecular Hbond substituents is 1. The van der Waals surface area contributed by atoms with Crippen LogP contribution in [0, 0.1) is 0 Å². The molecular formula is C12H17NO5. The first-order valence-electron chi connectivity index (χ1n) is 5.41. The Morgan fingerprint density at radius 1 is 1.33 bits per heavy atom. The lowest BCUT2D eigenvalue weighted by molar-refractivity contribution is -0.121. The van der Waals surface area contributed by atoms with Gasteiger partial charge in [0.05, 0.1) is 20.3 Å². The number of carbonyl (C=O) groups excluding carboxylic acids is 1. The van der Waals surface area contributed by atoms with E-state index in [-0.39, 0.29) is 18.3 Å². The highest BCUT2D eigenvalue weighted by atomic mass is 16.5. The number of amides is 1. The Labute approximate surface area is 105 Å². The Hall–Kier alpha value is -1.79. The van der Waals surface area contributed by atoms with Gasteiger partial charge in [0, 0.05) is 18.9 Å². The van der Waals surface area contributed by atoms with Gasteiger partial charge in [-0.15, -0.1) is 0 Å². The fourth-order valence-corrected chi connectivity index (χ4v) is 1.27. The van der Waals surface area contributed by atoms with E-state index in [1.165, 1.54) is 13.2 Å². The Morgan fingerprint density at radius 3 is 2.72 bits per heavy atom. The van der Waals surface area contributed by atoms with Crippen molar-refractivity contribution in [2.45, 2.75) is 0 Å². The Bertz CT molecular complexity index is 394. The summed E-state index contributed by atoms with van der Waals surface area (Å²) < 4.78 is 14.7. The minimum atomic E-state index is -0.296. The number of carbonyl (C=O) groups is 1. The monoisotopic (exact) mass is 255 g/mol. The average Bonchev–Trinajstić information content (AvgIpc) is 2.35. The summed E-state index contributed by atoms with van der Waals surface area (Å²) in [6.45, 7) is 0.741. The summed E-state index contributed by atoms with van der Waals surface area (Å²) in [6, 6.07) is 4.61. The summed E-state index contributed by atoms with van der Waals surface area (Å²) in [5.74, 6) is 0.0237. The molecule has 1 rings (SSSR count). The number of aromatic hydroxyl groups is 1. The van der Waals surface area contributed by atoms with Crippen molar-refractivity contribution in [3.05, 3.63) is 18.2 Å². The van der Waals surface area contributed by atoms with E-state index in [4.69, 9.17) is 14.2 Å². The van der Waals surface area contributed by atoms with E-state index in [0.717, 1.165) is 0 Å². The Kier molecular flexibility index (Phi) is 5.96. The number of rotatable bonds is 7. The third-order valence-corrected chi connectivity index (χ3v) is 2.13. The molecule has 0 aliphatic carbocycles. The molecular weight excluding hydrogens is 238 g/mol. The number of phenols is 1. The molecule has 100 valence electrons. The van der Waals surface area contributed by atoms with Gasteiger partial charge in [-0.3, -0.25) is 4.79 Å². The van der Waals surface area contributed by atoms with Crippen LogP contribution in [0.5, 0.6) is 11.5 Å². The number of benzene rings is 1. The molecule has 0 bridgehead atoms. The normalized spacial score (nSPS) is 10.1. The Balaban J connectivity index is 2.42. The van der Waals surface area contributed by atoms with Gasteiger partial charge >= 0.3 is 0 Å². The third kappa shape index (κ3) is 4.60. The third-order valence-electron chi connectivity index (χ3n) is 2.13. The topological polar surface area (TPSA) is 77.0 Å². The molecule has 1 aromatic carbocycles. The van der Waals surface area contributed by atoms with Crippen LogP contribution in [0.1, 0.15) is 0 Å². The molecule has 6 nitrogen and oxygen atoms in total. The van der Waals surface area contributed by atoms with Crippen molar-refractivity contribution < 1.29 is 24.1 Å². The molecule has 0 saturated carbocycles. The molecule has 0 spiro atoms. The second-order valence-corrected chi connectivity index (χ2v) is 3.48. The lowest BCUT2D eigenvalue weighted by Crippen LogP contribution is -2.19. The number of hydrogen-bond acceptors (Lipinski definition) is 5. The lowest BCUT2D eigenvalue weighted by atomic mass is 10.2. The maximum Gasteiger partial charge on any atom is 0.250 e. The van der Waals surface area contributed by atoms with Crippen LogP contribution in [0.3, 0.4) is 0 Å². The van der Waals surface area contributed by atoms with E-state index >= 15 is 0 Å². The SMILES string of the molecule is COCCOCC(=O)Nc1ccc(OC)c(O)c1. The second kappa shape index (κ2) is 7.52. The van der Waals surface area contributed by atoms with Crippen LogP contribution in [-0.4, -0.2) is 45.1 Å². The number of methoxy groups -OCH3 is 2. The number of hydrogen-bond donors (Lipinski definition) is 2. The molecule has 6 heteroatoms. The first-order valence-corrected chi connectivity index (χ1v) is 5.41. The summed E-state index contributed by atoms with van der Waals surface area (Å²) in [5, 5.41) is 12.1. The van der Waals surface area contributed by atoms with E-state index in [1.54, 1.807) is 19.2 Å². The van der Waals surface area contributed by atoms with Crippen molar-refractivity contribution in [1.29, 1.82) is 0 Å². The van der Waals surface area contributed by atoms with Crippen molar-refractivity contribution in [3.8, 4) is 11.5 Å². The lowest BCUT2D eigenvalue weighted by Gasteiger charge is -2.08. The van der Waals surface area contributed by atoms with Gasteiger partial charge in [0.15, 0.2) is 11.5 Å². The predicted octanol–water partition coefficient (Wildman–Crippen LogP) is 1.00. The minimum Gasteiger partial charge on any atom is -0.504 e. The van der Waals surface area contributed by atoms with Crippen LogP contribution in [0.15, 0.2) is 18.2 Å². The zero-order valence-corrected chi connectivity index (χ0v) is 10.4. The molecule has 0 aromatic heterocycles. The highest BCUT2D eigenvalue weighted by Crippen LogP contribution is 2.28. The van der Waals surface area contributed by atoms with Crippen molar-refractivity contribution in [2.75, 3.05) is 39.4 Å². The number of anilines is 1. The number of nitrogens with one attached hydrogen (secondary N) is 1. The van der Waals surface area contributed by atoms with Crippen LogP contribution in [0.25, 0.3) is 0 Å². The van der Waals surface area contributed by atoms with E-state index < -0.39 is 0 Å². The van der Waals surface area contributed by atoms with Crippen LogP contribution >= 0.6 is 0 Å². The first kappa shape index (κ1) is 14.3. The van der Waals surface area contributed by atoms with E-state index in [9.17, 15) is 9.90 Å². The molecule has 0 aliphatic rings. The van der Waals surface area contributed by atoms with E-state index in [0.29, 0.717) is 24.7 Å². The summed E-state index contributed by atoms with van der Waals surface area (Å²) in [4.78, 5) is 11.5. The summed E-state index contributed by atoms with van der Waals surface area (Å²) in [7, 11) is 3.01. The van der Waals surface area contributed by atoms with E-state index in [2.05, 4.69) is 5.32 Å². The fraction of sp³-hybridized carbons (Fsp3) is 0.417. The zero-order valence-electron chi connectivity index (χ0n) is 10.4. The molecule has 0 radical (unpaired) electrons. The van der Waals surface area contributed by atoms with Gasteiger partial charge in [0.1, 0.15) is 6.61 Å². The predicted molar refractivity (Wildman–Crippen MR) is 66.0 cm³/mol. The van der Waals surface area contributed by atoms with Crippen molar-refractivity contribution in [3.63, 3.8) is 0 Å². The highest BCUT2D eigenvalue weighted by Gasteiger charge is 2.06. The van der Waals surface area contributed by atoms with Gasteiger partial charge in [-0.05, 0) is 12.1 Å². The molecule has 0 heterocycles. The van der Waals surface area contributed by atoms with Gasteiger partial charge < -0.3 is 24.6 Å². The van der Waals surface area contributed by atoms with Gasteiger partial charge in [-0.1, -0.05) is 0 Å². The van der Waals surface area contributed by atoms with Crippen LogP contribution < -0.4 is 10.1 Å². The quantitative estimate of drug-likeness (QED) is 0.711. The molecule has 1 aromatic rings. The first-order chi connectivity index (χ1) is 8.67. The molecule has 0 saturated heterocycles. The second-order valence-electron chi connectivity index (χ2n) is 3.48. The van der Waals surface area contributed by atoms with Gasteiger partial charge in [-0.2, -0.15) is 0 Å².